The summed E-state index contributed by atoms with van der Waals surface area (Å²) < 4.78 is 19.4. The SMILES string of the molecule is CSc1cccc(Oc2ncc(F)cc2C(=O)N[C@H]2CCCC[C@@H]2O)c1. The fourth-order valence-corrected chi connectivity index (χ4v) is 3.42. The van der Waals surface area contributed by atoms with Crippen LogP contribution in [0.1, 0.15) is 36.0 Å². The molecule has 1 saturated carbocycles. The number of thioether (sulfide) groups is 1. The van der Waals surface area contributed by atoms with Gasteiger partial charge in [-0.05, 0) is 43.4 Å². The van der Waals surface area contributed by atoms with Gasteiger partial charge in [0.05, 0.1) is 18.3 Å². The number of nitrogens with zero attached hydrogens (tertiary/aromatic N) is 1. The monoisotopic (exact) mass is 376 g/mol. The highest BCUT2D eigenvalue weighted by Crippen LogP contribution is 2.27. The summed E-state index contributed by atoms with van der Waals surface area (Å²) in [6, 6.07) is 8.11. The Morgan fingerprint density at radius 1 is 1.35 bits per heavy atom. The van der Waals surface area contributed by atoms with E-state index in [2.05, 4.69) is 10.3 Å². The van der Waals surface area contributed by atoms with E-state index in [1.165, 1.54) is 0 Å². The van der Waals surface area contributed by atoms with Gasteiger partial charge in [0.15, 0.2) is 0 Å². The number of nitrogens with one attached hydrogen (secondary N) is 1. The predicted molar refractivity (Wildman–Crippen MR) is 98.2 cm³/mol. The minimum Gasteiger partial charge on any atom is -0.438 e. The van der Waals surface area contributed by atoms with E-state index in [4.69, 9.17) is 4.74 Å². The summed E-state index contributed by atoms with van der Waals surface area (Å²) in [5, 5.41) is 12.8. The zero-order chi connectivity index (χ0) is 18.5. The molecule has 1 heterocycles. The summed E-state index contributed by atoms with van der Waals surface area (Å²) in [4.78, 5) is 17.6. The number of hydrogen-bond donors (Lipinski definition) is 2. The van der Waals surface area contributed by atoms with Crippen molar-refractivity contribution < 1.29 is 19.0 Å². The van der Waals surface area contributed by atoms with Gasteiger partial charge in [-0.15, -0.1) is 11.8 Å². The molecule has 1 aliphatic carbocycles. The standard InChI is InChI=1S/C19H21FN2O3S/c1-26-14-6-4-5-13(10-14)25-19-15(9-12(20)11-21-19)18(24)22-16-7-2-3-8-17(16)23/h4-6,9-11,16-17,23H,2-3,7-8H2,1H3,(H,22,24)/t16-,17-/m0/s1. The third-order valence-corrected chi connectivity index (χ3v) is 5.09. The van der Waals surface area contributed by atoms with Crippen LogP contribution in [0.4, 0.5) is 4.39 Å². The number of amides is 1. The molecular formula is C19H21FN2O3S. The molecule has 0 radical (unpaired) electrons. The third kappa shape index (κ3) is 4.53. The first-order valence-electron chi connectivity index (χ1n) is 8.53. The zero-order valence-corrected chi connectivity index (χ0v) is 15.3. The van der Waals surface area contributed by atoms with Crippen LogP contribution in [0.25, 0.3) is 0 Å². The molecule has 0 bridgehead atoms. The van der Waals surface area contributed by atoms with Gasteiger partial charge in [0, 0.05) is 4.90 Å². The predicted octanol–water partition coefficient (Wildman–Crippen LogP) is 3.77. The third-order valence-electron chi connectivity index (χ3n) is 4.36. The summed E-state index contributed by atoms with van der Waals surface area (Å²) in [5.74, 6) is -0.571. The van der Waals surface area contributed by atoms with E-state index in [1.807, 2.05) is 24.5 Å². The molecule has 3 rings (SSSR count). The van der Waals surface area contributed by atoms with E-state index >= 15 is 0 Å². The van der Waals surface area contributed by atoms with Gasteiger partial charge in [-0.3, -0.25) is 4.79 Å². The van der Waals surface area contributed by atoms with E-state index in [0.29, 0.717) is 18.6 Å². The van der Waals surface area contributed by atoms with Crippen molar-refractivity contribution in [3.05, 3.63) is 47.9 Å². The van der Waals surface area contributed by atoms with Gasteiger partial charge in [0.25, 0.3) is 5.91 Å². The molecule has 5 nitrogen and oxygen atoms in total. The molecule has 26 heavy (non-hydrogen) atoms. The smallest absolute Gasteiger partial charge is 0.257 e. The summed E-state index contributed by atoms with van der Waals surface area (Å²) in [6.07, 6.45) is 5.60. The van der Waals surface area contributed by atoms with Crippen LogP contribution in [0.3, 0.4) is 0 Å². The minimum absolute atomic E-state index is 0.0114. The maximum Gasteiger partial charge on any atom is 0.257 e. The van der Waals surface area contributed by atoms with Crippen LogP contribution in [0.2, 0.25) is 0 Å². The molecule has 0 spiro atoms. The first kappa shape index (κ1) is 18.7. The Kier molecular flexibility index (Phi) is 6.11. The molecule has 1 aromatic carbocycles. The number of hydrogen-bond acceptors (Lipinski definition) is 5. The Balaban J connectivity index is 1.81. The van der Waals surface area contributed by atoms with Crippen LogP contribution in [0, 0.1) is 5.82 Å². The number of carbonyl (C=O) groups is 1. The van der Waals surface area contributed by atoms with E-state index in [0.717, 1.165) is 30.0 Å². The molecule has 0 aliphatic heterocycles. The topological polar surface area (TPSA) is 71.5 Å². The van der Waals surface area contributed by atoms with E-state index < -0.39 is 17.8 Å². The first-order chi connectivity index (χ1) is 12.6. The van der Waals surface area contributed by atoms with Gasteiger partial charge < -0.3 is 15.2 Å². The van der Waals surface area contributed by atoms with Gasteiger partial charge in [-0.25, -0.2) is 9.37 Å². The molecule has 1 fully saturated rings. The van der Waals surface area contributed by atoms with Gasteiger partial charge >= 0.3 is 0 Å². The summed E-state index contributed by atoms with van der Waals surface area (Å²) >= 11 is 1.56. The lowest BCUT2D eigenvalue weighted by Crippen LogP contribution is -2.45. The number of rotatable bonds is 5. The van der Waals surface area contributed by atoms with Crippen LogP contribution in [-0.4, -0.2) is 34.4 Å². The van der Waals surface area contributed by atoms with Crippen LogP contribution in [0.15, 0.2) is 41.4 Å². The number of benzene rings is 1. The Morgan fingerprint density at radius 3 is 2.92 bits per heavy atom. The second-order valence-electron chi connectivity index (χ2n) is 6.22. The molecule has 1 amide bonds. The molecule has 2 aromatic rings. The number of aliphatic hydroxyl groups is 1. The van der Waals surface area contributed by atoms with Crippen molar-refractivity contribution in [3.8, 4) is 11.6 Å². The maximum atomic E-state index is 13.7. The molecule has 2 N–H and O–H groups in total. The largest absolute Gasteiger partial charge is 0.438 e. The average Bonchev–Trinajstić information content (AvgIpc) is 2.65. The number of aromatic nitrogens is 1. The average molecular weight is 376 g/mol. The highest BCUT2D eigenvalue weighted by Gasteiger charge is 2.26. The van der Waals surface area contributed by atoms with Crippen molar-refractivity contribution in [3.63, 3.8) is 0 Å². The van der Waals surface area contributed by atoms with E-state index in [1.54, 1.807) is 17.8 Å². The Hall–Kier alpha value is -2.12. The highest BCUT2D eigenvalue weighted by molar-refractivity contribution is 7.98. The summed E-state index contributed by atoms with van der Waals surface area (Å²) in [5.41, 5.74) is 0.0114. The lowest BCUT2D eigenvalue weighted by Gasteiger charge is -2.28. The minimum atomic E-state index is -0.621. The zero-order valence-electron chi connectivity index (χ0n) is 14.4. The molecule has 7 heteroatoms. The number of halogens is 1. The van der Waals surface area contributed by atoms with Crippen LogP contribution >= 0.6 is 11.8 Å². The van der Waals surface area contributed by atoms with E-state index in [9.17, 15) is 14.3 Å². The van der Waals surface area contributed by atoms with Gasteiger partial charge in [0.2, 0.25) is 5.88 Å². The van der Waals surface area contributed by atoms with Crippen molar-refractivity contribution in [2.24, 2.45) is 0 Å². The summed E-state index contributed by atoms with van der Waals surface area (Å²) in [6.45, 7) is 0. The van der Waals surface area contributed by atoms with Crippen molar-refractivity contribution >= 4 is 17.7 Å². The van der Waals surface area contributed by atoms with Crippen molar-refractivity contribution in [1.82, 2.24) is 10.3 Å². The molecular weight excluding hydrogens is 355 g/mol. The Labute approximate surface area is 156 Å². The first-order valence-corrected chi connectivity index (χ1v) is 9.75. The molecule has 0 unspecified atom stereocenters. The second kappa shape index (κ2) is 8.51. The van der Waals surface area contributed by atoms with Crippen LogP contribution in [0.5, 0.6) is 11.6 Å². The number of aliphatic hydroxyl groups excluding tert-OH is 1. The van der Waals surface area contributed by atoms with Gasteiger partial charge in [0.1, 0.15) is 17.1 Å². The number of carbonyl (C=O) groups excluding carboxylic acids is 1. The lowest BCUT2D eigenvalue weighted by atomic mass is 9.92. The second-order valence-corrected chi connectivity index (χ2v) is 7.10. The van der Waals surface area contributed by atoms with Gasteiger partial charge in [-0.1, -0.05) is 18.9 Å². The molecule has 0 saturated heterocycles. The van der Waals surface area contributed by atoms with Crippen molar-refractivity contribution in [2.45, 2.75) is 42.7 Å². The number of ether oxygens (including phenoxy) is 1. The normalized spacial score (nSPS) is 19.8. The van der Waals surface area contributed by atoms with E-state index in [-0.39, 0.29) is 17.5 Å². The molecule has 1 aliphatic rings. The lowest BCUT2D eigenvalue weighted by molar-refractivity contribution is 0.0715. The van der Waals surface area contributed by atoms with Crippen LogP contribution < -0.4 is 10.1 Å². The molecule has 1 aromatic heterocycles. The van der Waals surface area contributed by atoms with Crippen LogP contribution in [-0.2, 0) is 0 Å². The highest BCUT2D eigenvalue weighted by atomic mass is 32.2. The van der Waals surface area contributed by atoms with Gasteiger partial charge in [-0.2, -0.15) is 0 Å². The fourth-order valence-electron chi connectivity index (χ4n) is 2.97. The molecule has 138 valence electrons. The number of pyridine rings is 1. The Morgan fingerprint density at radius 2 is 2.15 bits per heavy atom. The Bertz CT molecular complexity index is 787. The maximum absolute atomic E-state index is 13.7. The summed E-state index contributed by atoms with van der Waals surface area (Å²) in [7, 11) is 0. The van der Waals surface area contributed by atoms with Crippen molar-refractivity contribution in [1.29, 1.82) is 0 Å². The molecule has 2 atom stereocenters. The quantitative estimate of drug-likeness (QED) is 0.778. The fraction of sp³-hybridized carbons (Fsp3) is 0.368. The van der Waals surface area contributed by atoms with Crippen molar-refractivity contribution in [2.75, 3.05) is 6.26 Å².